The van der Waals surface area contributed by atoms with Gasteiger partial charge in [0.2, 0.25) is 5.91 Å². The van der Waals surface area contributed by atoms with E-state index in [-0.39, 0.29) is 18.6 Å². The first-order valence-electron chi connectivity index (χ1n) is 8.10. The van der Waals surface area contributed by atoms with Crippen molar-refractivity contribution in [1.82, 2.24) is 0 Å². The van der Waals surface area contributed by atoms with E-state index in [0.29, 0.717) is 18.8 Å². The molecule has 1 unspecified atom stereocenters. The number of carbonyl (C=O) groups is 1. The predicted molar refractivity (Wildman–Crippen MR) is 96.3 cm³/mol. The summed E-state index contributed by atoms with van der Waals surface area (Å²) in [6.45, 7) is 4.31. The Labute approximate surface area is 142 Å². The zero-order valence-corrected chi connectivity index (χ0v) is 14.1. The zero-order valence-electron chi connectivity index (χ0n) is 14.1. The fourth-order valence-corrected chi connectivity index (χ4v) is 2.44. The van der Waals surface area contributed by atoms with E-state index < -0.39 is 0 Å². The standard InChI is InChI=1S/C19H24N2O3/c1-3-24-18-10-9-17(12-15(18)13-22)20-14(2)11-19(23)21-16-7-5-4-6-8-16/h4-10,12,14,20,22H,3,11,13H2,1-2H3,(H,21,23). The minimum atomic E-state index is -0.0896. The fourth-order valence-electron chi connectivity index (χ4n) is 2.44. The maximum Gasteiger partial charge on any atom is 0.226 e. The highest BCUT2D eigenvalue weighted by Crippen LogP contribution is 2.23. The van der Waals surface area contributed by atoms with Crippen LogP contribution in [-0.2, 0) is 11.4 Å². The van der Waals surface area contributed by atoms with E-state index in [0.717, 1.165) is 16.9 Å². The molecule has 2 aromatic rings. The molecular weight excluding hydrogens is 304 g/mol. The van der Waals surface area contributed by atoms with Gasteiger partial charge in [0.15, 0.2) is 0 Å². The Bertz CT molecular complexity index is 659. The lowest BCUT2D eigenvalue weighted by molar-refractivity contribution is -0.116. The highest BCUT2D eigenvalue weighted by molar-refractivity contribution is 5.91. The van der Waals surface area contributed by atoms with Crippen LogP contribution in [0.4, 0.5) is 11.4 Å². The lowest BCUT2D eigenvalue weighted by Crippen LogP contribution is -2.23. The van der Waals surface area contributed by atoms with Gasteiger partial charge in [0.1, 0.15) is 5.75 Å². The van der Waals surface area contributed by atoms with Crippen LogP contribution in [0.3, 0.4) is 0 Å². The third-order valence-electron chi connectivity index (χ3n) is 3.49. The van der Waals surface area contributed by atoms with Crippen molar-refractivity contribution in [3.63, 3.8) is 0 Å². The van der Waals surface area contributed by atoms with E-state index >= 15 is 0 Å². The highest BCUT2D eigenvalue weighted by atomic mass is 16.5. The molecule has 3 N–H and O–H groups in total. The summed E-state index contributed by atoms with van der Waals surface area (Å²) >= 11 is 0. The summed E-state index contributed by atoms with van der Waals surface area (Å²) in [5.41, 5.74) is 2.36. The number of benzene rings is 2. The molecule has 0 saturated heterocycles. The molecule has 0 aliphatic heterocycles. The normalized spacial score (nSPS) is 11.6. The number of hydrogen-bond acceptors (Lipinski definition) is 4. The van der Waals surface area contributed by atoms with Gasteiger partial charge in [-0.25, -0.2) is 0 Å². The summed E-state index contributed by atoms with van der Waals surface area (Å²) < 4.78 is 5.47. The van der Waals surface area contributed by atoms with Crippen LogP contribution in [0.25, 0.3) is 0 Å². The molecule has 2 aromatic carbocycles. The monoisotopic (exact) mass is 328 g/mol. The van der Waals surface area contributed by atoms with E-state index in [1.807, 2.05) is 62.4 Å². The molecule has 5 heteroatoms. The van der Waals surface area contributed by atoms with E-state index in [4.69, 9.17) is 4.74 Å². The summed E-state index contributed by atoms with van der Waals surface area (Å²) in [6, 6.07) is 14.9. The molecule has 2 rings (SSSR count). The number of rotatable bonds is 8. The average Bonchev–Trinajstić information content (AvgIpc) is 2.57. The first kappa shape index (κ1) is 17.8. The molecular formula is C19H24N2O3. The van der Waals surface area contributed by atoms with Crippen LogP contribution in [0.5, 0.6) is 5.75 Å². The summed E-state index contributed by atoms with van der Waals surface area (Å²) in [5.74, 6) is 0.634. The molecule has 128 valence electrons. The molecule has 0 fully saturated rings. The number of carbonyl (C=O) groups excluding carboxylic acids is 1. The Balaban J connectivity index is 1.91. The molecule has 0 spiro atoms. The minimum absolute atomic E-state index is 0.0433. The fraction of sp³-hybridized carbons (Fsp3) is 0.316. The van der Waals surface area contributed by atoms with Gasteiger partial charge in [0, 0.05) is 29.4 Å². The molecule has 0 aromatic heterocycles. The van der Waals surface area contributed by atoms with Crippen LogP contribution in [0.2, 0.25) is 0 Å². The second kappa shape index (κ2) is 8.93. The van der Waals surface area contributed by atoms with Gasteiger partial charge < -0.3 is 20.5 Å². The Hall–Kier alpha value is -2.53. The van der Waals surface area contributed by atoms with Crippen LogP contribution in [0, 0.1) is 0 Å². The van der Waals surface area contributed by atoms with E-state index in [9.17, 15) is 9.90 Å². The molecule has 0 aliphatic carbocycles. The third kappa shape index (κ3) is 5.28. The van der Waals surface area contributed by atoms with Crippen molar-refractivity contribution >= 4 is 17.3 Å². The second-order valence-corrected chi connectivity index (χ2v) is 5.58. The first-order chi connectivity index (χ1) is 11.6. The third-order valence-corrected chi connectivity index (χ3v) is 3.49. The van der Waals surface area contributed by atoms with E-state index in [1.165, 1.54) is 0 Å². The number of ether oxygens (including phenoxy) is 1. The largest absolute Gasteiger partial charge is 0.494 e. The van der Waals surface area contributed by atoms with Gasteiger partial charge in [-0.1, -0.05) is 18.2 Å². The van der Waals surface area contributed by atoms with Crippen LogP contribution in [-0.4, -0.2) is 23.7 Å². The minimum Gasteiger partial charge on any atom is -0.494 e. The number of nitrogens with one attached hydrogen (secondary N) is 2. The van der Waals surface area contributed by atoms with Gasteiger partial charge >= 0.3 is 0 Å². The maximum atomic E-state index is 12.1. The van der Waals surface area contributed by atoms with Crippen LogP contribution < -0.4 is 15.4 Å². The van der Waals surface area contributed by atoms with Crippen LogP contribution >= 0.6 is 0 Å². The summed E-state index contributed by atoms with van der Waals surface area (Å²) in [5, 5.41) is 15.6. The highest BCUT2D eigenvalue weighted by Gasteiger charge is 2.11. The molecule has 5 nitrogen and oxygen atoms in total. The van der Waals surface area contributed by atoms with Crippen molar-refractivity contribution < 1.29 is 14.6 Å². The Kier molecular flexibility index (Phi) is 6.63. The summed E-state index contributed by atoms with van der Waals surface area (Å²) in [6.07, 6.45) is 0.344. The summed E-state index contributed by atoms with van der Waals surface area (Å²) in [4.78, 5) is 12.1. The zero-order chi connectivity index (χ0) is 17.4. The first-order valence-corrected chi connectivity index (χ1v) is 8.10. The van der Waals surface area contributed by atoms with Gasteiger partial charge in [-0.15, -0.1) is 0 Å². The van der Waals surface area contributed by atoms with Crippen molar-refractivity contribution in [3.8, 4) is 5.75 Å². The number of aliphatic hydroxyl groups is 1. The average molecular weight is 328 g/mol. The molecule has 1 atom stereocenters. The Morgan fingerprint density at radius 1 is 1.17 bits per heavy atom. The van der Waals surface area contributed by atoms with E-state index in [2.05, 4.69) is 10.6 Å². The number of anilines is 2. The molecule has 0 saturated carbocycles. The van der Waals surface area contributed by atoms with Crippen LogP contribution in [0.1, 0.15) is 25.8 Å². The van der Waals surface area contributed by atoms with Crippen molar-refractivity contribution in [2.45, 2.75) is 32.9 Å². The smallest absolute Gasteiger partial charge is 0.226 e. The topological polar surface area (TPSA) is 70.6 Å². The van der Waals surface area contributed by atoms with Crippen molar-refractivity contribution in [2.24, 2.45) is 0 Å². The van der Waals surface area contributed by atoms with Crippen molar-refractivity contribution in [3.05, 3.63) is 54.1 Å². The van der Waals surface area contributed by atoms with Crippen LogP contribution in [0.15, 0.2) is 48.5 Å². The van der Waals surface area contributed by atoms with E-state index in [1.54, 1.807) is 0 Å². The molecule has 0 radical (unpaired) electrons. The van der Waals surface area contributed by atoms with Gasteiger partial charge in [0.25, 0.3) is 0 Å². The van der Waals surface area contributed by atoms with Gasteiger partial charge in [0.05, 0.1) is 13.2 Å². The molecule has 0 heterocycles. The lowest BCUT2D eigenvalue weighted by atomic mass is 10.1. The number of para-hydroxylation sites is 1. The van der Waals surface area contributed by atoms with Gasteiger partial charge in [-0.3, -0.25) is 4.79 Å². The molecule has 0 aliphatic rings. The predicted octanol–water partition coefficient (Wildman–Crippen LogP) is 3.41. The quantitative estimate of drug-likeness (QED) is 0.694. The lowest BCUT2D eigenvalue weighted by Gasteiger charge is -2.17. The van der Waals surface area contributed by atoms with Gasteiger partial charge in [-0.05, 0) is 44.2 Å². The SMILES string of the molecule is CCOc1ccc(NC(C)CC(=O)Nc2ccccc2)cc1CO. The molecule has 0 bridgehead atoms. The number of amides is 1. The van der Waals surface area contributed by atoms with Crippen molar-refractivity contribution in [2.75, 3.05) is 17.2 Å². The van der Waals surface area contributed by atoms with Gasteiger partial charge in [-0.2, -0.15) is 0 Å². The number of hydrogen-bond donors (Lipinski definition) is 3. The summed E-state index contributed by atoms with van der Waals surface area (Å²) in [7, 11) is 0. The molecule has 1 amide bonds. The molecule has 24 heavy (non-hydrogen) atoms. The Morgan fingerprint density at radius 3 is 2.58 bits per heavy atom. The Morgan fingerprint density at radius 2 is 1.92 bits per heavy atom. The number of aliphatic hydroxyl groups excluding tert-OH is 1. The van der Waals surface area contributed by atoms with Crippen molar-refractivity contribution in [1.29, 1.82) is 0 Å². The second-order valence-electron chi connectivity index (χ2n) is 5.58. The maximum absolute atomic E-state index is 12.1.